The van der Waals surface area contributed by atoms with Gasteiger partial charge in [0, 0.05) is 4.75 Å². The predicted octanol–water partition coefficient (Wildman–Crippen LogP) is 1.48. The van der Waals surface area contributed by atoms with Crippen molar-refractivity contribution in [3.63, 3.8) is 0 Å². The van der Waals surface area contributed by atoms with Gasteiger partial charge in [0.1, 0.15) is 0 Å². The molecule has 0 aliphatic rings. The zero-order valence-corrected chi connectivity index (χ0v) is 6.72. The average molecular weight is 133 g/mol. The summed E-state index contributed by atoms with van der Waals surface area (Å²) in [5.41, 5.74) is 5.38. The van der Waals surface area contributed by atoms with E-state index in [9.17, 15) is 0 Å². The van der Waals surface area contributed by atoms with Gasteiger partial charge in [0.25, 0.3) is 0 Å². The van der Waals surface area contributed by atoms with Gasteiger partial charge >= 0.3 is 0 Å². The zero-order valence-electron chi connectivity index (χ0n) is 5.90. The summed E-state index contributed by atoms with van der Waals surface area (Å²) in [4.78, 5) is 0. The quantitative estimate of drug-likeness (QED) is 0.631. The Morgan fingerprint density at radius 3 is 2.12 bits per heavy atom. The van der Waals surface area contributed by atoms with Crippen molar-refractivity contribution < 1.29 is 0 Å². The Hall–Kier alpha value is 0.310. The minimum absolute atomic E-state index is 0.384. The van der Waals surface area contributed by atoms with E-state index >= 15 is 0 Å². The van der Waals surface area contributed by atoms with Crippen LogP contribution in [-0.2, 0) is 0 Å². The van der Waals surface area contributed by atoms with Crippen LogP contribution in [0.1, 0.15) is 20.3 Å². The van der Waals surface area contributed by atoms with Gasteiger partial charge in [-0.25, -0.2) is 0 Å². The molecular weight excluding hydrogens is 118 g/mol. The van der Waals surface area contributed by atoms with Crippen LogP contribution in [-0.4, -0.2) is 17.5 Å². The second kappa shape index (κ2) is 3.36. The minimum atomic E-state index is 0.384. The maximum Gasteiger partial charge on any atom is 0.0112 e. The summed E-state index contributed by atoms with van der Waals surface area (Å²) in [5.74, 6) is 0. The van der Waals surface area contributed by atoms with Crippen LogP contribution in [0.15, 0.2) is 0 Å². The smallest absolute Gasteiger partial charge is 0.0112 e. The summed E-state index contributed by atoms with van der Waals surface area (Å²) in [6.07, 6.45) is 3.23. The van der Waals surface area contributed by atoms with Crippen LogP contribution < -0.4 is 5.73 Å². The molecule has 0 radical (unpaired) electrons. The van der Waals surface area contributed by atoms with Gasteiger partial charge < -0.3 is 5.73 Å². The van der Waals surface area contributed by atoms with E-state index < -0.39 is 0 Å². The second-order valence-corrected chi connectivity index (χ2v) is 4.02. The Bertz CT molecular complexity index is 61.5. The van der Waals surface area contributed by atoms with E-state index in [2.05, 4.69) is 20.1 Å². The molecule has 2 N–H and O–H groups in total. The van der Waals surface area contributed by atoms with Gasteiger partial charge in [0.05, 0.1) is 0 Å². The summed E-state index contributed by atoms with van der Waals surface area (Å²) in [7, 11) is 0. The predicted molar refractivity (Wildman–Crippen MR) is 41.3 cm³/mol. The monoisotopic (exact) mass is 133 g/mol. The van der Waals surface area contributed by atoms with Crippen LogP contribution in [0.5, 0.6) is 0 Å². The van der Waals surface area contributed by atoms with E-state index in [0.717, 1.165) is 13.0 Å². The topological polar surface area (TPSA) is 26.0 Å². The van der Waals surface area contributed by atoms with Gasteiger partial charge in [-0.3, -0.25) is 0 Å². The van der Waals surface area contributed by atoms with Crippen molar-refractivity contribution in [3.05, 3.63) is 0 Å². The van der Waals surface area contributed by atoms with Crippen molar-refractivity contribution in [2.75, 3.05) is 12.8 Å². The fraction of sp³-hybridized carbons (Fsp3) is 1.00. The Labute approximate surface area is 56.0 Å². The van der Waals surface area contributed by atoms with Gasteiger partial charge in [0.15, 0.2) is 0 Å². The third kappa shape index (κ3) is 3.33. The van der Waals surface area contributed by atoms with E-state index in [1.54, 1.807) is 0 Å². The molecular formula is C6H15NS. The molecule has 0 aromatic heterocycles. The van der Waals surface area contributed by atoms with E-state index in [0.29, 0.717) is 4.75 Å². The highest BCUT2D eigenvalue weighted by Gasteiger charge is 2.12. The second-order valence-electron chi connectivity index (χ2n) is 2.50. The number of hydrogen-bond donors (Lipinski definition) is 1. The molecule has 50 valence electrons. The lowest BCUT2D eigenvalue weighted by atomic mass is 10.1. The molecule has 0 aliphatic carbocycles. The van der Waals surface area contributed by atoms with Crippen LogP contribution >= 0.6 is 11.8 Å². The summed E-state index contributed by atoms with van der Waals surface area (Å²) in [6.45, 7) is 5.23. The molecule has 0 rings (SSSR count). The van der Waals surface area contributed by atoms with E-state index in [-0.39, 0.29) is 0 Å². The first-order valence-corrected chi connectivity index (χ1v) is 4.10. The molecule has 0 unspecified atom stereocenters. The molecule has 0 aromatic carbocycles. The van der Waals surface area contributed by atoms with E-state index in [1.807, 2.05) is 11.8 Å². The zero-order chi connectivity index (χ0) is 6.62. The molecule has 8 heavy (non-hydrogen) atoms. The summed E-state index contributed by atoms with van der Waals surface area (Å²) in [5, 5.41) is 0. The molecule has 0 fully saturated rings. The third-order valence-corrected chi connectivity index (χ3v) is 2.61. The van der Waals surface area contributed by atoms with Crippen molar-refractivity contribution in [2.45, 2.75) is 25.0 Å². The normalized spacial score (nSPS) is 12.0. The van der Waals surface area contributed by atoms with Gasteiger partial charge in [-0.2, -0.15) is 11.8 Å². The highest BCUT2D eigenvalue weighted by molar-refractivity contribution is 7.99. The lowest BCUT2D eigenvalue weighted by molar-refractivity contribution is 0.651. The van der Waals surface area contributed by atoms with Gasteiger partial charge in [-0.1, -0.05) is 13.8 Å². The maximum absolute atomic E-state index is 5.38. The first kappa shape index (κ1) is 8.31. The van der Waals surface area contributed by atoms with Gasteiger partial charge in [0.2, 0.25) is 0 Å². The molecule has 0 spiro atoms. The van der Waals surface area contributed by atoms with E-state index in [1.165, 1.54) is 0 Å². The first-order chi connectivity index (χ1) is 3.62. The maximum atomic E-state index is 5.38. The van der Waals surface area contributed by atoms with E-state index in [4.69, 9.17) is 5.73 Å². The van der Waals surface area contributed by atoms with Gasteiger partial charge in [-0.05, 0) is 19.2 Å². The Morgan fingerprint density at radius 1 is 1.50 bits per heavy atom. The molecule has 0 atom stereocenters. The first-order valence-electron chi connectivity index (χ1n) is 2.87. The van der Waals surface area contributed by atoms with Crippen molar-refractivity contribution in [3.8, 4) is 0 Å². The standard InChI is InChI=1S/C6H15NS/c1-6(2,8-3)4-5-7/h4-5,7H2,1-3H3. The number of rotatable bonds is 3. The van der Waals surface area contributed by atoms with Gasteiger partial charge in [-0.15, -0.1) is 0 Å². The molecule has 0 amide bonds. The fourth-order valence-electron chi connectivity index (χ4n) is 0.450. The molecule has 0 bridgehead atoms. The lowest BCUT2D eigenvalue weighted by Gasteiger charge is -2.19. The molecule has 0 aromatic rings. The van der Waals surface area contributed by atoms with Crippen LogP contribution in [0, 0.1) is 0 Å². The van der Waals surface area contributed by atoms with Crippen molar-refractivity contribution in [1.29, 1.82) is 0 Å². The molecule has 0 saturated heterocycles. The molecule has 0 aliphatic heterocycles. The Kier molecular flexibility index (Phi) is 3.49. The number of nitrogens with two attached hydrogens (primary N) is 1. The third-order valence-electron chi connectivity index (χ3n) is 1.30. The van der Waals surface area contributed by atoms with Crippen LogP contribution in [0.25, 0.3) is 0 Å². The van der Waals surface area contributed by atoms with Crippen LogP contribution in [0.2, 0.25) is 0 Å². The molecule has 0 heterocycles. The van der Waals surface area contributed by atoms with Crippen LogP contribution in [0.4, 0.5) is 0 Å². The SMILES string of the molecule is CSC(C)(C)CCN. The van der Waals surface area contributed by atoms with Crippen LogP contribution in [0.3, 0.4) is 0 Å². The largest absolute Gasteiger partial charge is 0.330 e. The van der Waals surface area contributed by atoms with Crippen molar-refractivity contribution >= 4 is 11.8 Å². The minimum Gasteiger partial charge on any atom is -0.330 e. The highest BCUT2D eigenvalue weighted by Crippen LogP contribution is 2.23. The molecule has 2 heteroatoms. The Balaban J connectivity index is 3.37. The Morgan fingerprint density at radius 2 is 2.00 bits per heavy atom. The molecule has 0 saturated carbocycles. The number of hydrogen-bond acceptors (Lipinski definition) is 2. The average Bonchev–Trinajstić information content (AvgIpc) is 1.67. The van der Waals surface area contributed by atoms with Crippen molar-refractivity contribution in [2.24, 2.45) is 5.73 Å². The summed E-state index contributed by atoms with van der Waals surface area (Å²) < 4.78 is 0.384. The lowest BCUT2D eigenvalue weighted by Crippen LogP contribution is -2.18. The van der Waals surface area contributed by atoms with Crippen molar-refractivity contribution in [1.82, 2.24) is 0 Å². The fourth-order valence-corrected chi connectivity index (χ4v) is 0.772. The summed E-state index contributed by atoms with van der Waals surface area (Å²) in [6, 6.07) is 0. The molecule has 1 nitrogen and oxygen atoms in total. The highest BCUT2D eigenvalue weighted by atomic mass is 32.2. The summed E-state index contributed by atoms with van der Waals surface area (Å²) >= 11 is 1.87. The number of thioether (sulfide) groups is 1.